The molecule has 0 radical (unpaired) electrons. The Labute approximate surface area is 100 Å². The molecule has 1 unspecified atom stereocenters. The number of rotatable bonds is 2. The van der Waals surface area contributed by atoms with Gasteiger partial charge in [-0.1, -0.05) is 0 Å². The van der Waals surface area contributed by atoms with Gasteiger partial charge in [0.25, 0.3) is 0 Å². The molecule has 1 aromatic heterocycles. The molecular weight excluding hydrogens is 220 g/mol. The van der Waals surface area contributed by atoms with E-state index in [-0.39, 0.29) is 0 Å². The van der Waals surface area contributed by atoms with E-state index >= 15 is 0 Å². The molecule has 88 valence electrons. The molecule has 3 heterocycles. The second-order valence-electron chi connectivity index (χ2n) is 4.75. The SMILES string of the molecule is c1nsc(N2CCC(C3CCCN3)CC2)n1. The average molecular weight is 238 g/mol. The normalized spacial score (nSPS) is 27.5. The van der Waals surface area contributed by atoms with Crippen molar-refractivity contribution in [1.29, 1.82) is 0 Å². The molecule has 1 aromatic rings. The zero-order valence-electron chi connectivity index (χ0n) is 9.43. The van der Waals surface area contributed by atoms with E-state index in [1.54, 1.807) is 6.33 Å². The van der Waals surface area contributed by atoms with Crippen molar-refractivity contribution in [2.75, 3.05) is 24.5 Å². The van der Waals surface area contributed by atoms with Crippen molar-refractivity contribution in [2.45, 2.75) is 31.7 Å². The smallest absolute Gasteiger partial charge is 0.204 e. The summed E-state index contributed by atoms with van der Waals surface area (Å²) in [6.07, 6.45) is 7.00. The van der Waals surface area contributed by atoms with Gasteiger partial charge in [-0.3, -0.25) is 0 Å². The molecule has 2 aliphatic rings. The van der Waals surface area contributed by atoms with Gasteiger partial charge in [0.2, 0.25) is 5.13 Å². The third-order valence-electron chi connectivity index (χ3n) is 3.83. The number of aromatic nitrogens is 2. The summed E-state index contributed by atoms with van der Waals surface area (Å²) in [4.78, 5) is 6.66. The summed E-state index contributed by atoms with van der Waals surface area (Å²) >= 11 is 1.51. The van der Waals surface area contributed by atoms with Gasteiger partial charge in [0.15, 0.2) is 0 Å². The van der Waals surface area contributed by atoms with Gasteiger partial charge in [-0.05, 0) is 38.1 Å². The van der Waals surface area contributed by atoms with Gasteiger partial charge < -0.3 is 10.2 Å². The Morgan fingerprint density at radius 2 is 2.19 bits per heavy atom. The lowest BCUT2D eigenvalue weighted by Crippen LogP contribution is -2.40. The van der Waals surface area contributed by atoms with Gasteiger partial charge in [0.05, 0.1) is 0 Å². The topological polar surface area (TPSA) is 41.1 Å². The molecule has 0 amide bonds. The standard InChI is InChI=1S/C11H18N4S/c1-2-10(12-5-1)9-3-6-15(7-4-9)11-13-8-14-16-11/h8-10,12H,1-7H2. The number of hydrogen-bond donors (Lipinski definition) is 1. The highest BCUT2D eigenvalue weighted by Crippen LogP contribution is 2.28. The molecule has 0 aromatic carbocycles. The molecular formula is C11H18N4S. The van der Waals surface area contributed by atoms with Crippen LogP contribution in [0.4, 0.5) is 5.13 Å². The van der Waals surface area contributed by atoms with E-state index in [1.165, 1.54) is 43.8 Å². The summed E-state index contributed by atoms with van der Waals surface area (Å²) in [5.74, 6) is 0.881. The first-order valence-electron chi connectivity index (χ1n) is 6.18. The first-order chi connectivity index (χ1) is 7.93. The highest BCUT2D eigenvalue weighted by atomic mass is 32.1. The van der Waals surface area contributed by atoms with E-state index in [0.29, 0.717) is 0 Å². The minimum absolute atomic E-state index is 0.788. The Kier molecular flexibility index (Phi) is 3.06. The summed E-state index contributed by atoms with van der Waals surface area (Å²) < 4.78 is 4.07. The largest absolute Gasteiger partial charge is 0.347 e. The van der Waals surface area contributed by atoms with E-state index in [1.807, 2.05) is 0 Å². The Morgan fingerprint density at radius 1 is 1.31 bits per heavy atom. The van der Waals surface area contributed by atoms with Crippen LogP contribution >= 0.6 is 11.5 Å². The van der Waals surface area contributed by atoms with Crippen LogP contribution in [-0.4, -0.2) is 35.0 Å². The van der Waals surface area contributed by atoms with Gasteiger partial charge in [-0.15, -0.1) is 0 Å². The first kappa shape index (κ1) is 10.5. The minimum atomic E-state index is 0.788. The second kappa shape index (κ2) is 4.67. The lowest BCUT2D eigenvalue weighted by Gasteiger charge is -2.34. The molecule has 2 saturated heterocycles. The average Bonchev–Trinajstić information content (AvgIpc) is 3.03. The number of piperidine rings is 1. The highest BCUT2D eigenvalue weighted by Gasteiger charge is 2.28. The van der Waals surface area contributed by atoms with Gasteiger partial charge in [0, 0.05) is 30.7 Å². The van der Waals surface area contributed by atoms with E-state index < -0.39 is 0 Å². The van der Waals surface area contributed by atoms with Crippen LogP contribution in [0.2, 0.25) is 0 Å². The number of nitrogens with one attached hydrogen (secondary N) is 1. The predicted molar refractivity (Wildman–Crippen MR) is 65.9 cm³/mol. The van der Waals surface area contributed by atoms with Crippen molar-refractivity contribution in [2.24, 2.45) is 5.92 Å². The quantitative estimate of drug-likeness (QED) is 0.848. The Hall–Kier alpha value is -0.680. The maximum atomic E-state index is 4.28. The highest BCUT2D eigenvalue weighted by molar-refractivity contribution is 7.09. The third kappa shape index (κ3) is 2.06. The maximum Gasteiger partial charge on any atom is 0.204 e. The predicted octanol–water partition coefficient (Wildman–Crippen LogP) is 1.51. The van der Waals surface area contributed by atoms with Gasteiger partial charge in [0.1, 0.15) is 6.33 Å². The van der Waals surface area contributed by atoms with Crippen LogP contribution in [0.25, 0.3) is 0 Å². The molecule has 16 heavy (non-hydrogen) atoms. The molecule has 4 nitrogen and oxygen atoms in total. The van der Waals surface area contributed by atoms with Crippen molar-refractivity contribution in [3.63, 3.8) is 0 Å². The van der Waals surface area contributed by atoms with Gasteiger partial charge >= 0.3 is 0 Å². The maximum absolute atomic E-state index is 4.28. The molecule has 1 atom stereocenters. The molecule has 5 heteroatoms. The van der Waals surface area contributed by atoms with Crippen LogP contribution in [0, 0.1) is 5.92 Å². The zero-order chi connectivity index (χ0) is 10.8. The van der Waals surface area contributed by atoms with E-state index in [0.717, 1.165) is 30.2 Å². The van der Waals surface area contributed by atoms with Crippen LogP contribution in [0.5, 0.6) is 0 Å². The molecule has 0 aliphatic carbocycles. The lowest BCUT2D eigenvalue weighted by molar-refractivity contribution is 0.319. The summed E-state index contributed by atoms with van der Waals surface area (Å²) in [5, 5.41) is 4.73. The summed E-state index contributed by atoms with van der Waals surface area (Å²) in [5.41, 5.74) is 0. The first-order valence-corrected chi connectivity index (χ1v) is 6.96. The van der Waals surface area contributed by atoms with Gasteiger partial charge in [-0.2, -0.15) is 4.37 Å². The number of nitrogens with zero attached hydrogens (tertiary/aromatic N) is 3. The molecule has 0 saturated carbocycles. The van der Waals surface area contributed by atoms with Crippen molar-refractivity contribution in [3.05, 3.63) is 6.33 Å². The Balaban J connectivity index is 1.55. The number of anilines is 1. The molecule has 3 rings (SSSR count). The van der Waals surface area contributed by atoms with Gasteiger partial charge in [-0.25, -0.2) is 4.98 Å². The Bertz CT molecular complexity index is 313. The van der Waals surface area contributed by atoms with E-state index in [9.17, 15) is 0 Å². The fourth-order valence-electron chi connectivity index (χ4n) is 2.91. The number of hydrogen-bond acceptors (Lipinski definition) is 5. The molecule has 1 N–H and O–H groups in total. The van der Waals surface area contributed by atoms with Crippen LogP contribution < -0.4 is 10.2 Å². The van der Waals surface area contributed by atoms with Crippen molar-refractivity contribution >= 4 is 16.7 Å². The van der Waals surface area contributed by atoms with Crippen LogP contribution in [0.1, 0.15) is 25.7 Å². The van der Waals surface area contributed by atoms with E-state index in [4.69, 9.17) is 0 Å². The molecule has 2 aliphatic heterocycles. The van der Waals surface area contributed by atoms with E-state index in [2.05, 4.69) is 19.6 Å². The lowest BCUT2D eigenvalue weighted by atomic mass is 9.89. The Morgan fingerprint density at radius 3 is 2.81 bits per heavy atom. The second-order valence-corrected chi connectivity index (χ2v) is 5.51. The molecule has 2 fully saturated rings. The fraction of sp³-hybridized carbons (Fsp3) is 0.818. The molecule has 0 bridgehead atoms. The zero-order valence-corrected chi connectivity index (χ0v) is 10.2. The van der Waals surface area contributed by atoms with Crippen molar-refractivity contribution < 1.29 is 0 Å². The van der Waals surface area contributed by atoms with Crippen LogP contribution in [0.15, 0.2) is 6.33 Å². The summed E-state index contributed by atoms with van der Waals surface area (Å²) in [6, 6.07) is 0.788. The minimum Gasteiger partial charge on any atom is -0.347 e. The van der Waals surface area contributed by atoms with Crippen LogP contribution in [0.3, 0.4) is 0 Å². The van der Waals surface area contributed by atoms with Crippen molar-refractivity contribution in [3.8, 4) is 0 Å². The summed E-state index contributed by atoms with van der Waals surface area (Å²) in [6.45, 7) is 3.53. The summed E-state index contributed by atoms with van der Waals surface area (Å²) in [7, 11) is 0. The van der Waals surface area contributed by atoms with Crippen LogP contribution in [-0.2, 0) is 0 Å². The van der Waals surface area contributed by atoms with Crippen molar-refractivity contribution in [1.82, 2.24) is 14.7 Å². The fourth-order valence-corrected chi connectivity index (χ4v) is 3.49. The third-order valence-corrected chi connectivity index (χ3v) is 4.55. The monoisotopic (exact) mass is 238 g/mol. The molecule has 0 spiro atoms.